The van der Waals surface area contributed by atoms with Gasteiger partial charge in [0.05, 0.1) is 19.1 Å². The number of sulfonamides is 1. The third kappa shape index (κ3) is 3.01. The summed E-state index contributed by atoms with van der Waals surface area (Å²) in [6, 6.07) is 6.42. The predicted molar refractivity (Wildman–Crippen MR) is 82.0 cm³/mol. The fourth-order valence-electron chi connectivity index (χ4n) is 2.97. The lowest BCUT2D eigenvalue weighted by Gasteiger charge is -2.38. The molecular formula is C14H18ClNO4S. The molecule has 7 heteroatoms. The van der Waals surface area contributed by atoms with E-state index >= 15 is 0 Å². The normalized spacial score (nSPS) is 17.5. The van der Waals surface area contributed by atoms with Crippen molar-refractivity contribution in [2.75, 3.05) is 17.7 Å². The molecule has 2 rings (SSSR count). The maximum atomic E-state index is 12.3. The van der Waals surface area contributed by atoms with Gasteiger partial charge in [0.15, 0.2) is 5.54 Å². The topological polar surface area (TPSA) is 63.7 Å². The van der Waals surface area contributed by atoms with Crippen LogP contribution in [0.1, 0.15) is 25.7 Å². The van der Waals surface area contributed by atoms with Crippen LogP contribution in [-0.4, -0.2) is 33.3 Å². The number of nitrogens with zero attached hydrogens (tertiary/aromatic N) is 1. The lowest BCUT2D eigenvalue weighted by molar-refractivity contribution is -0.146. The average molecular weight is 332 g/mol. The Kier molecular flexibility index (Phi) is 4.49. The number of carbonyl (C=O) groups is 1. The number of esters is 1. The number of halogens is 1. The monoisotopic (exact) mass is 331 g/mol. The summed E-state index contributed by atoms with van der Waals surface area (Å²) in [5, 5.41) is 0.505. The van der Waals surface area contributed by atoms with Gasteiger partial charge in [0.1, 0.15) is 0 Å². The molecule has 1 aliphatic carbocycles. The van der Waals surface area contributed by atoms with Crippen LogP contribution in [0.25, 0.3) is 0 Å². The SMILES string of the molecule is COC(=O)C1(N(c2ccc(Cl)cc2)S(C)(=O)=O)CCCC1. The van der Waals surface area contributed by atoms with E-state index in [0.717, 1.165) is 19.1 Å². The summed E-state index contributed by atoms with van der Waals surface area (Å²) >= 11 is 5.86. The van der Waals surface area contributed by atoms with Crippen molar-refractivity contribution < 1.29 is 17.9 Å². The van der Waals surface area contributed by atoms with E-state index in [1.807, 2.05) is 0 Å². The van der Waals surface area contributed by atoms with Gasteiger partial charge in [-0.3, -0.25) is 4.31 Å². The van der Waals surface area contributed by atoms with Gasteiger partial charge < -0.3 is 4.74 Å². The van der Waals surface area contributed by atoms with E-state index in [1.54, 1.807) is 24.3 Å². The minimum atomic E-state index is -3.64. The first-order valence-electron chi connectivity index (χ1n) is 6.66. The summed E-state index contributed by atoms with van der Waals surface area (Å²) < 4.78 is 30.7. The zero-order valence-electron chi connectivity index (χ0n) is 12.0. The van der Waals surface area contributed by atoms with E-state index in [1.165, 1.54) is 11.4 Å². The molecule has 21 heavy (non-hydrogen) atoms. The molecule has 1 aromatic rings. The molecule has 1 aromatic carbocycles. The molecule has 0 atom stereocenters. The second kappa shape index (κ2) is 5.85. The Bertz CT molecular complexity index is 621. The van der Waals surface area contributed by atoms with Crippen LogP contribution in [0.3, 0.4) is 0 Å². The minimum absolute atomic E-state index is 0.425. The molecule has 0 radical (unpaired) electrons. The van der Waals surface area contributed by atoms with Crippen molar-refractivity contribution in [1.29, 1.82) is 0 Å². The van der Waals surface area contributed by atoms with Crippen LogP contribution in [0.4, 0.5) is 5.69 Å². The van der Waals surface area contributed by atoms with Gasteiger partial charge in [-0.2, -0.15) is 0 Å². The van der Waals surface area contributed by atoms with E-state index in [-0.39, 0.29) is 0 Å². The highest BCUT2D eigenvalue weighted by Crippen LogP contribution is 2.41. The number of rotatable bonds is 4. The summed E-state index contributed by atoms with van der Waals surface area (Å²) in [4.78, 5) is 12.3. The van der Waals surface area contributed by atoms with Crippen molar-refractivity contribution in [1.82, 2.24) is 0 Å². The molecule has 0 spiro atoms. The van der Waals surface area contributed by atoms with Crippen LogP contribution in [0.15, 0.2) is 24.3 Å². The number of ether oxygens (including phenoxy) is 1. The molecule has 0 N–H and O–H groups in total. The van der Waals surface area contributed by atoms with Gasteiger partial charge in [0.2, 0.25) is 10.0 Å². The molecule has 5 nitrogen and oxygen atoms in total. The largest absolute Gasteiger partial charge is 0.467 e. The first-order valence-corrected chi connectivity index (χ1v) is 8.88. The third-order valence-corrected chi connectivity index (χ3v) is 5.25. The van der Waals surface area contributed by atoms with Gasteiger partial charge in [-0.05, 0) is 37.1 Å². The number of hydrogen-bond donors (Lipinski definition) is 0. The Morgan fingerprint density at radius 3 is 2.19 bits per heavy atom. The van der Waals surface area contributed by atoms with Crippen molar-refractivity contribution in [3.05, 3.63) is 29.3 Å². The summed E-state index contributed by atoms with van der Waals surface area (Å²) in [5.41, 5.74) is -0.731. The standard InChI is InChI=1S/C14H18ClNO4S/c1-20-13(17)14(9-3-4-10-14)16(21(2,18)19)12-7-5-11(15)6-8-12/h5-8H,3-4,9-10H2,1-2H3. The van der Waals surface area contributed by atoms with Crippen molar-refractivity contribution in [3.8, 4) is 0 Å². The number of hydrogen-bond acceptors (Lipinski definition) is 4. The van der Waals surface area contributed by atoms with Crippen LogP contribution in [0.2, 0.25) is 5.02 Å². The Labute approximate surface area is 129 Å². The molecule has 1 fully saturated rings. The van der Waals surface area contributed by atoms with Gasteiger partial charge in [-0.15, -0.1) is 0 Å². The average Bonchev–Trinajstić information content (AvgIpc) is 2.89. The van der Waals surface area contributed by atoms with Gasteiger partial charge >= 0.3 is 5.97 Å². The molecule has 0 saturated heterocycles. The minimum Gasteiger partial charge on any atom is -0.467 e. The first-order chi connectivity index (χ1) is 9.81. The lowest BCUT2D eigenvalue weighted by Crippen LogP contribution is -2.56. The van der Waals surface area contributed by atoms with Crippen LogP contribution in [0, 0.1) is 0 Å². The quantitative estimate of drug-likeness (QED) is 0.795. The molecule has 0 bridgehead atoms. The highest BCUT2D eigenvalue weighted by Gasteiger charge is 2.51. The molecule has 0 heterocycles. The first kappa shape index (κ1) is 16.1. The van der Waals surface area contributed by atoms with E-state index < -0.39 is 21.5 Å². The summed E-state index contributed by atoms with van der Waals surface area (Å²) in [7, 11) is -2.36. The van der Waals surface area contributed by atoms with Gasteiger partial charge in [0, 0.05) is 5.02 Å². The number of methoxy groups -OCH3 is 1. The second-order valence-corrected chi connectivity index (χ2v) is 7.50. The third-order valence-electron chi connectivity index (χ3n) is 3.78. The van der Waals surface area contributed by atoms with Crippen molar-refractivity contribution in [2.45, 2.75) is 31.2 Å². The molecule has 116 valence electrons. The van der Waals surface area contributed by atoms with Crippen LogP contribution in [-0.2, 0) is 19.6 Å². The van der Waals surface area contributed by atoms with Crippen LogP contribution in [0.5, 0.6) is 0 Å². The maximum Gasteiger partial charge on any atom is 0.332 e. The fraction of sp³-hybridized carbons (Fsp3) is 0.500. The zero-order chi connectivity index (χ0) is 15.7. The molecular weight excluding hydrogens is 314 g/mol. The summed E-state index contributed by atoms with van der Waals surface area (Å²) in [6.45, 7) is 0. The molecule has 0 aliphatic heterocycles. The Balaban J connectivity index is 2.59. The van der Waals surface area contributed by atoms with Crippen molar-refractivity contribution in [2.24, 2.45) is 0 Å². The Morgan fingerprint density at radius 1 is 1.24 bits per heavy atom. The molecule has 1 aliphatic rings. The van der Waals surface area contributed by atoms with Gasteiger partial charge in [-0.25, -0.2) is 13.2 Å². The smallest absolute Gasteiger partial charge is 0.332 e. The lowest BCUT2D eigenvalue weighted by atomic mass is 9.97. The summed E-state index contributed by atoms with van der Waals surface area (Å²) in [5.74, 6) is -0.514. The second-order valence-electron chi connectivity index (χ2n) is 5.23. The van der Waals surface area contributed by atoms with E-state index in [0.29, 0.717) is 23.6 Å². The molecule has 0 amide bonds. The highest BCUT2D eigenvalue weighted by atomic mass is 35.5. The van der Waals surface area contributed by atoms with Crippen LogP contribution < -0.4 is 4.31 Å². The molecule has 0 aromatic heterocycles. The predicted octanol–water partition coefficient (Wildman–Crippen LogP) is 2.59. The van der Waals surface area contributed by atoms with Gasteiger partial charge in [0.25, 0.3) is 0 Å². The number of carbonyl (C=O) groups excluding carboxylic acids is 1. The Hall–Kier alpha value is -1.27. The molecule has 0 unspecified atom stereocenters. The number of benzene rings is 1. The van der Waals surface area contributed by atoms with Crippen molar-refractivity contribution >= 4 is 33.3 Å². The Morgan fingerprint density at radius 2 is 1.76 bits per heavy atom. The van der Waals surface area contributed by atoms with E-state index in [9.17, 15) is 13.2 Å². The summed E-state index contributed by atoms with van der Waals surface area (Å²) in [6.07, 6.45) is 3.58. The maximum absolute atomic E-state index is 12.3. The van der Waals surface area contributed by atoms with Gasteiger partial charge in [-0.1, -0.05) is 24.4 Å². The van der Waals surface area contributed by atoms with Crippen LogP contribution >= 0.6 is 11.6 Å². The van der Waals surface area contributed by atoms with E-state index in [2.05, 4.69) is 0 Å². The zero-order valence-corrected chi connectivity index (χ0v) is 13.6. The van der Waals surface area contributed by atoms with Crippen molar-refractivity contribution in [3.63, 3.8) is 0 Å². The number of anilines is 1. The molecule has 1 saturated carbocycles. The fourth-order valence-corrected chi connectivity index (χ4v) is 4.50. The van der Waals surface area contributed by atoms with E-state index in [4.69, 9.17) is 16.3 Å². The highest BCUT2D eigenvalue weighted by molar-refractivity contribution is 7.92.